The molecule has 112 valence electrons. The van der Waals surface area contributed by atoms with Crippen molar-refractivity contribution >= 4 is 0 Å². The van der Waals surface area contributed by atoms with Crippen LogP contribution in [-0.2, 0) is 0 Å². The zero-order chi connectivity index (χ0) is 14.5. The van der Waals surface area contributed by atoms with Gasteiger partial charge in [0.2, 0.25) is 0 Å². The summed E-state index contributed by atoms with van der Waals surface area (Å²) in [6, 6.07) is 5.34. The predicted octanol–water partition coefficient (Wildman–Crippen LogP) is 1.89. The molecule has 1 aliphatic heterocycles. The van der Waals surface area contributed by atoms with E-state index in [9.17, 15) is 0 Å². The third-order valence-corrected chi connectivity index (χ3v) is 4.28. The Hall–Kier alpha value is -0.970. The van der Waals surface area contributed by atoms with Gasteiger partial charge in [0.1, 0.15) is 0 Å². The van der Waals surface area contributed by atoms with Gasteiger partial charge in [-0.2, -0.15) is 0 Å². The maximum atomic E-state index is 6.45. The van der Waals surface area contributed by atoms with Crippen molar-refractivity contribution in [3.05, 3.63) is 30.1 Å². The van der Waals surface area contributed by atoms with Crippen molar-refractivity contribution in [1.82, 2.24) is 14.8 Å². The Morgan fingerprint density at radius 3 is 2.70 bits per heavy atom. The standard InChI is InChI=1S/C16H28N4/c1-4-15(17)16(13-7-9-18-10-8-13)20-11-5-6-14(20)12-19(2)3/h7-10,14-16H,4-6,11-12,17H2,1-3H3. The van der Waals surface area contributed by atoms with Gasteiger partial charge >= 0.3 is 0 Å². The first-order valence-electron chi connectivity index (χ1n) is 7.69. The Morgan fingerprint density at radius 1 is 1.40 bits per heavy atom. The highest BCUT2D eigenvalue weighted by Gasteiger charge is 2.34. The van der Waals surface area contributed by atoms with E-state index >= 15 is 0 Å². The summed E-state index contributed by atoms with van der Waals surface area (Å²) in [4.78, 5) is 9.04. The number of aromatic nitrogens is 1. The lowest BCUT2D eigenvalue weighted by molar-refractivity contribution is 0.132. The first-order chi connectivity index (χ1) is 9.63. The number of rotatable bonds is 6. The lowest BCUT2D eigenvalue weighted by Crippen LogP contribution is -2.46. The molecule has 2 rings (SSSR count). The fraction of sp³-hybridized carbons (Fsp3) is 0.688. The molecule has 0 aliphatic carbocycles. The SMILES string of the molecule is CCC(N)C(c1ccncc1)N1CCCC1CN(C)C. The fourth-order valence-electron chi connectivity index (χ4n) is 3.31. The summed E-state index contributed by atoms with van der Waals surface area (Å²) in [5, 5.41) is 0. The first-order valence-corrected chi connectivity index (χ1v) is 7.69. The van der Waals surface area contributed by atoms with Crippen molar-refractivity contribution in [2.45, 2.75) is 44.3 Å². The third-order valence-electron chi connectivity index (χ3n) is 4.28. The van der Waals surface area contributed by atoms with Gasteiger partial charge in [0.05, 0.1) is 6.04 Å². The van der Waals surface area contributed by atoms with Crippen LogP contribution in [-0.4, -0.2) is 54.1 Å². The average Bonchev–Trinajstić information content (AvgIpc) is 2.87. The molecule has 1 aromatic rings. The highest BCUT2D eigenvalue weighted by Crippen LogP contribution is 2.32. The van der Waals surface area contributed by atoms with E-state index in [1.54, 1.807) is 0 Å². The summed E-state index contributed by atoms with van der Waals surface area (Å²) in [6.45, 7) is 4.44. The van der Waals surface area contributed by atoms with Gasteiger partial charge < -0.3 is 10.6 Å². The van der Waals surface area contributed by atoms with Gasteiger partial charge in [-0.25, -0.2) is 0 Å². The molecule has 1 aliphatic rings. The van der Waals surface area contributed by atoms with Gasteiger partial charge in [-0.3, -0.25) is 9.88 Å². The number of pyridine rings is 1. The molecule has 2 N–H and O–H groups in total. The smallest absolute Gasteiger partial charge is 0.0503 e. The van der Waals surface area contributed by atoms with E-state index in [0.29, 0.717) is 12.1 Å². The fourth-order valence-corrected chi connectivity index (χ4v) is 3.31. The van der Waals surface area contributed by atoms with E-state index in [1.807, 2.05) is 12.4 Å². The minimum absolute atomic E-state index is 0.181. The minimum Gasteiger partial charge on any atom is -0.326 e. The molecule has 0 spiro atoms. The summed E-state index contributed by atoms with van der Waals surface area (Å²) < 4.78 is 0. The Kier molecular flexibility index (Phi) is 5.52. The summed E-state index contributed by atoms with van der Waals surface area (Å²) in [7, 11) is 4.30. The first kappa shape index (κ1) is 15.4. The van der Waals surface area contributed by atoms with Gasteiger partial charge in [-0.15, -0.1) is 0 Å². The number of likely N-dealkylation sites (N-methyl/N-ethyl adjacent to an activating group) is 1. The molecular weight excluding hydrogens is 248 g/mol. The van der Waals surface area contributed by atoms with Gasteiger partial charge in [0.15, 0.2) is 0 Å². The Bertz CT molecular complexity index is 393. The molecule has 0 radical (unpaired) electrons. The zero-order valence-electron chi connectivity index (χ0n) is 13.0. The van der Waals surface area contributed by atoms with Gasteiger partial charge in [0, 0.05) is 31.0 Å². The molecule has 2 heterocycles. The molecule has 0 saturated carbocycles. The molecule has 0 aromatic carbocycles. The van der Waals surface area contributed by atoms with Crippen molar-refractivity contribution in [3.63, 3.8) is 0 Å². The number of nitrogens with zero attached hydrogens (tertiary/aromatic N) is 3. The van der Waals surface area contributed by atoms with Crippen LogP contribution in [0.5, 0.6) is 0 Å². The summed E-state index contributed by atoms with van der Waals surface area (Å²) in [6.07, 6.45) is 7.30. The van der Waals surface area contributed by atoms with Gasteiger partial charge in [-0.1, -0.05) is 6.92 Å². The molecular formula is C16H28N4. The van der Waals surface area contributed by atoms with E-state index in [-0.39, 0.29) is 6.04 Å². The maximum absolute atomic E-state index is 6.45. The normalized spacial score (nSPS) is 23.1. The Morgan fingerprint density at radius 2 is 2.10 bits per heavy atom. The Balaban J connectivity index is 2.22. The molecule has 20 heavy (non-hydrogen) atoms. The van der Waals surface area contributed by atoms with Crippen LogP contribution in [0.1, 0.15) is 37.8 Å². The molecule has 1 saturated heterocycles. The maximum Gasteiger partial charge on any atom is 0.0503 e. The van der Waals surface area contributed by atoms with Crippen molar-refractivity contribution < 1.29 is 0 Å². The molecule has 4 nitrogen and oxygen atoms in total. The second kappa shape index (κ2) is 7.16. The molecule has 1 aromatic heterocycles. The number of hydrogen-bond acceptors (Lipinski definition) is 4. The van der Waals surface area contributed by atoms with Crippen molar-refractivity contribution in [1.29, 1.82) is 0 Å². The van der Waals surface area contributed by atoms with Crippen molar-refractivity contribution in [2.75, 3.05) is 27.2 Å². The lowest BCUT2D eigenvalue weighted by atomic mass is 9.96. The van der Waals surface area contributed by atoms with Crippen LogP contribution in [0.4, 0.5) is 0 Å². The van der Waals surface area contributed by atoms with E-state index in [4.69, 9.17) is 5.73 Å². The van der Waals surface area contributed by atoms with Gasteiger partial charge in [-0.05, 0) is 57.6 Å². The molecule has 3 atom stereocenters. The van der Waals surface area contributed by atoms with Crippen molar-refractivity contribution in [3.8, 4) is 0 Å². The number of likely N-dealkylation sites (tertiary alicyclic amines) is 1. The zero-order valence-corrected chi connectivity index (χ0v) is 13.0. The van der Waals surface area contributed by atoms with Crippen LogP contribution in [0.2, 0.25) is 0 Å². The predicted molar refractivity (Wildman–Crippen MR) is 83.5 cm³/mol. The second-order valence-corrected chi connectivity index (χ2v) is 6.09. The monoisotopic (exact) mass is 276 g/mol. The molecule has 1 fully saturated rings. The minimum atomic E-state index is 0.181. The van der Waals surface area contributed by atoms with Crippen LogP contribution in [0.3, 0.4) is 0 Å². The summed E-state index contributed by atoms with van der Waals surface area (Å²) in [5.41, 5.74) is 7.75. The largest absolute Gasteiger partial charge is 0.326 e. The van der Waals surface area contributed by atoms with Crippen LogP contribution in [0, 0.1) is 0 Å². The summed E-state index contributed by atoms with van der Waals surface area (Å²) >= 11 is 0. The third kappa shape index (κ3) is 3.57. The summed E-state index contributed by atoms with van der Waals surface area (Å²) in [5.74, 6) is 0. The van der Waals surface area contributed by atoms with Gasteiger partial charge in [0.25, 0.3) is 0 Å². The topological polar surface area (TPSA) is 45.4 Å². The van der Waals surface area contributed by atoms with Crippen LogP contribution in [0.15, 0.2) is 24.5 Å². The molecule has 0 amide bonds. The highest BCUT2D eigenvalue weighted by atomic mass is 15.3. The molecule has 4 heteroatoms. The van der Waals surface area contributed by atoms with E-state index in [0.717, 1.165) is 19.5 Å². The number of hydrogen-bond donors (Lipinski definition) is 1. The average molecular weight is 276 g/mol. The van der Waals surface area contributed by atoms with Crippen LogP contribution in [0.25, 0.3) is 0 Å². The second-order valence-electron chi connectivity index (χ2n) is 6.09. The molecule has 0 bridgehead atoms. The van der Waals surface area contributed by atoms with Crippen LogP contribution < -0.4 is 5.73 Å². The quantitative estimate of drug-likeness (QED) is 0.862. The van der Waals surface area contributed by atoms with E-state index in [1.165, 1.54) is 18.4 Å². The van der Waals surface area contributed by atoms with E-state index < -0.39 is 0 Å². The Labute approximate surface area is 123 Å². The van der Waals surface area contributed by atoms with Crippen molar-refractivity contribution in [2.24, 2.45) is 5.73 Å². The van der Waals surface area contributed by atoms with E-state index in [2.05, 4.69) is 47.9 Å². The van der Waals surface area contributed by atoms with Crippen LogP contribution >= 0.6 is 0 Å². The lowest BCUT2D eigenvalue weighted by Gasteiger charge is -2.37. The number of nitrogens with two attached hydrogens (primary N) is 1. The highest BCUT2D eigenvalue weighted by molar-refractivity contribution is 5.18. The molecule has 3 unspecified atom stereocenters.